The Hall–Kier alpha value is -2.93. The summed E-state index contributed by atoms with van der Waals surface area (Å²) in [6.45, 7) is 8.01. The van der Waals surface area contributed by atoms with E-state index in [0.717, 1.165) is 11.3 Å². The molecule has 2 aromatic heterocycles. The molecule has 29 heavy (non-hydrogen) atoms. The van der Waals surface area contributed by atoms with Crippen LogP contribution >= 0.6 is 11.8 Å². The summed E-state index contributed by atoms with van der Waals surface area (Å²) >= 11 is 1.44. The number of fused-ring (bicyclic) bond motifs is 1. The third-order valence-corrected chi connectivity index (χ3v) is 5.74. The largest absolute Gasteiger partial charge is 0.338 e. The molecule has 1 atom stereocenters. The van der Waals surface area contributed by atoms with E-state index in [4.69, 9.17) is 9.51 Å². The molecule has 6 nitrogen and oxygen atoms in total. The summed E-state index contributed by atoms with van der Waals surface area (Å²) in [5.74, 6) is 1.39. The molecule has 0 fully saturated rings. The molecule has 0 saturated carbocycles. The van der Waals surface area contributed by atoms with Crippen molar-refractivity contribution in [2.75, 3.05) is 0 Å². The Morgan fingerprint density at radius 2 is 1.72 bits per heavy atom. The normalized spacial score (nSPS) is 12.6. The van der Waals surface area contributed by atoms with Crippen molar-refractivity contribution in [1.82, 2.24) is 19.7 Å². The highest BCUT2D eigenvalue weighted by molar-refractivity contribution is 7.99. The molecule has 2 heterocycles. The van der Waals surface area contributed by atoms with E-state index in [1.807, 2.05) is 76.2 Å². The van der Waals surface area contributed by atoms with Crippen molar-refractivity contribution in [3.63, 3.8) is 0 Å². The highest BCUT2D eigenvalue weighted by Crippen LogP contribution is 2.34. The van der Waals surface area contributed by atoms with Gasteiger partial charge in [-0.2, -0.15) is 4.98 Å². The molecule has 0 N–H and O–H groups in total. The quantitative estimate of drug-likeness (QED) is 0.341. The third-order valence-electron chi connectivity index (χ3n) is 4.71. The van der Waals surface area contributed by atoms with Crippen LogP contribution in [-0.2, 0) is 0 Å². The second-order valence-electron chi connectivity index (χ2n) is 7.24. The second-order valence-corrected chi connectivity index (χ2v) is 8.55. The standard InChI is InChI=1S/C22H22N4O2S/c1-13(2)19-24-20(28-25-19)15(4)29-22-23-17-11-7-6-10-16(17)21(27)26(22)18-12-8-5-9-14(18)3/h5-13,15H,1-4H3/t15-/m0/s1. The predicted molar refractivity (Wildman–Crippen MR) is 115 cm³/mol. The van der Waals surface area contributed by atoms with Gasteiger partial charge in [-0.3, -0.25) is 9.36 Å². The van der Waals surface area contributed by atoms with Gasteiger partial charge in [0.2, 0.25) is 5.89 Å². The minimum atomic E-state index is -0.154. The average molecular weight is 407 g/mol. The van der Waals surface area contributed by atoms with Crippen LogP contribution in [0.2, 0.25) is 0 Å². The van der Waals surface area contributed by atoms with E-state index < -0.39 is 0 Å². The van der Waals surface area contributed by atoms with Crippen molar-refractivity contribution < 1.29 is 4.52 Å². The third kappa shape index (κ3) is 3.70. The van der Waals surface area contributed by atoms with Crippen LogP contribution in [0.15, 0.2) is 63.0 Å². The van der Waals surface area contributed by atoms with Gasteiger partial charge in [0.25, 0.3) is 5.56 Å². The van der Waals surface area contributed by atoms with E-state index in [1.54, 1.807) is 4.57 Å². The lowest BCUT2D eigenvalue weighted by Crippen LogP contribution is -2.22. The second kappa shape index (κ2) is 7.83. The Morgan fingerprint density at radius 3 is 2.45 bits per heavy atom. The van der Waals surface area contributed by atoms with Gasteiger partial charge >= 0.3 is 0 Å². The Kier molecular flexibility index (Phi) is 5.24. The summed E-state index contributed by atoms with van der Waals surface area (Å²) < 4.78 is 7.13. The van der Waals surface area contributed by atoms with E-state index in [0.29, 0.717) is 27.8 Å². The zero-order chi connectivity index (χ0) is 20.5. The molecule has 4 aromatic rings. The van der Waals surface area contributed by atoms with E-state index in [2.05, 4.69) is 10.1 Å². The topological polar surface area (TPSA) is 73.8 Å². The number of rotatable bonds is 5. The van der Waals surface area contributed by atoms with Crippen LogP contribution in [0.3, 0.4) is 0 Å². The number of hydrogen-bond donors (Lipinski definition) is 0. The van der Waals surface area contributed by atoms with Gasteiger partial charge in [0, 0.05) is 5.92 Å². The number of nitrogens with zero attached hydrogens (tertiary/aromatic N) is 4. The number of para-hydroxylation sites is 2. The van der Waals surface area contributed by atoms with E-state index in [-0.39, 0.29) is 16.7 Å². The SMILES string of the molecule is Cc1ccccc1-n1c(S[C@@H](C)c2nc(C(C)C)no2)nc2ccccc2c1=O. The van der Waals surface area contributed by atoms with Crippen molar-refractivity contribution in [2.24, 2.45) is 0 Å². The maximum absolute atomic E-state index is 13.4. The fourth-order valence-electron chi connectivity index (χ4n) is 3.07. The van der Waals surface area contributed by atoms with E-state index in [9.17, 15) is 4.79 Å². The van der Waals surface area contributed by atoms with Crippen LogP contribution in [0.4, 0.5) is 0 Å². The lowest BCUT2D eigenvalue weighted by Gasteiger charge is -2.16. The lowest BCUT2D eigenvalue weighted by molar-refractivity contribution is 0.373. The van der Waals surface area contributed by atoms with Crippen LogP contribution in [-0.4, -0.2) is 19.7 Å². The number of aryl methyl sites for hydroxylation is 1. The molecule has 4 rings (SSSR count). The molecule has 148 valence electrons. The van der Waals surface area contributed by atoms with E-state index in [1.165, 1.54) is 11.8 Å². The van der Waals surface area contributed by atoms with Gasteiger partial charge < -0.3 is 4.52 Å². The molecule has 0 unspecified atom stereocenters. The molecular formula is C22H22N4O2S. The first-order valence-electron chi connectivity index (χ1n) is 9.53. The molecule has 7 heteroatoms. The minimum absolute atomic E-state index is 0.0898. The summed E-state index contributed by atoms with van der Waals surface area (Å²) in [7, 11) is 0. The number of thioether (sulfide) groups is 1. The van der Waals surface area contributed by atoms with Crippen LogP contribution in [0.25, 0.3) is 16.6 Å². The van der Waals surface area contributed by atoms with Crippen LogP contribution < -0.4 is 5.56 Å². The molecule has 0 radical (unpaired) electrons. The Bertz CT molecular complexity index is 1230. The fourth-order valence-corrected chi connectivity index (χ4v) is 4.02. The van der Waals surface area contributed by atoms with Gasteiger partial charge in [0.1, 0.15) is 0 Å². The Labute approximate surface area is 173 Å². The molecule has 0 amide bonds. The summed E-state index contributed by atoms with van der Waals surface area (Å²) in [5.41, 5.74) is 2.40. The first-order chi connectivity index (χ1) is 14.0. The Balaban J connectivity index is 1.85. The molecule has 0 bridgehead atoms. The fraction of sp³-hybridized carbons (Fsp3) is 0.273. The highest BCUT2D eigenvalue weighted by atomic mass is 32.2. The monoisotopic (exact) mass is 406 g/mol. The van der Waals surface area contributed by atoms with Gasteiger partial charge in [0.05, 0.1) is 21.8 Å². The van der Waals surface area contributed by atoms with Crippen LogP contribution in [0.5, 0.6) is 0 Å². The smallest absolute Gasteiger partial charge is 0.266 e. The molecule has 0 aliphatic carbocycles. The van der Waals surface area contributed by atoms with Crippen molar-refractivity contribution in [1.29, 1.82) is 0 Å². The van der Waals surface area contributed by atoms with Crippen LogP contribution in [0.1, 0.15) is 49.2 Å². The minimum Gasteiger partial charge on any atom is -0.338 e. The average Bonchev–Trinajstić information content (AvgIpc) is 3.20. The first-order valence-corrected chi connectivity index (χ1v) is 10.4. The number of hydrogen-bond acceptors (Lipinski definition) is 6. The van der Waals surface area contributed by atoms with Crippen molar-refractivity contribution in [3.8, 4) is 5.69 Å². The zero-order valence-electron chi connectivity index (χ0n) is 16.8. The maximum Gasteiger partial charge on any atom is 0.266 e. The van der Waals surface area contributed by atoms with Gasteiger partial charge in [-0.15, -0.1) is 0 Å². The van der Waals surface area contributed by atoms with E-state index >= 15 is 0 Å². The summed E-state index contributed by atoms with van der Waals surface area (Å²) in [5, 5.41) is 5.09. The van der Waals surface area contributed by atoms with Gasteiger partial charge in [-0.05, 0) is 37.6 Å². The Morgan fingerprint density at radius 1 is 1.00 bits per heavy atom. The van der Waals surface area contributed by atoms with Gasteiger partial charge in [-0.25, -0.2) is 4.98 Å². The summed E-state index contributed by atoms with van der Waals surface area (Å²) in [6, 6.07) is 15.2. The molecular weight excluding hydrogens is 384 g/mol. The molecule has 2 aromatic carbocycles. The molecule has 0 aliphatic rings. The summed E-state index contributed by atoms with van der Waals surface area (Å²) in [4.78, 5) is 22.7. The van der Waals surface area contributed by atoms with Crippen LogP contribution in [0, 0.1) is 6.92 Å². The van der Waals surface area contributed by atoms with Gasteiger partial charge in [0.15, 0.2) is 11.0 Å². The van der Waals surface area contributed by atoms with Gasteiger partial charge in [-0.1, -0.05) is 61.1 Å². The van der Waals surface area contributed by atoms with Crippen molar-refractivity contribution >= 4 is 22.7 Å². The maximum atomic E-state index is 13.4. The predicted octanol–water partition coefficient (Wildman–Crippen LogP) is 5.05. The van der Waals surface area contributed by atoms with Crippen molar-refractivity contribution in [3.05, 3.63) is 76.2 Å². The van der Waals surface area contributed by atoms with Crippen molar-refractivity contribution in [2.45, 2.75) is 44.0 Å². The number of benzene rings is 2. The summed E-state index contributed by atoms with van der Waals surface area (Å²) in [6.07, 6.45) is 0. The molecule has 0 spiro atoms. The number of aromatic nitrogens is 4. The first kappa shape index (κ1) is 19.4. The lowest BCUT2D eigenvalue weighted by atomic mass is 10.2. The zero-order valence-corrected chi connectivity index (χ0v) is 17.6. The molecule has 0 aliphatic heterocycles. The molecule has 0 saturated heterocycles. The highest BCUT2D eigenvalue weighted by Gasteiger charge is 2.22.